The minimum Gasteiger partial charge on any atom is -0.495 e. The number of rotatable bonds is 3. The van der Waals surface area contributed by atoms with E-state index in [4.69, 9.17) is 15.7 Å². The van der Waals surface area contributed by atoms with E-state index in [2.05, 4.69) is 4.98 Å². The lowest BCUT2D eigenvalue weighted by Gasteiger charge is -2.09. The smallest absolute Gasteiger partial charge is 0.281 e. The summed E-state index contributed by atoms with van der Waals surface area (Å²) in [6.07, 6.45) is -2.80. The van der Waals surface area contributed by atoms with Crippen LogP contribution in [0.2, 0.25) is 0 Å². The molecule has 0 saturated carbocycles. The third kappa shape index (κ3) is 2.19. The van der Waals surface area contributed by atoms with Crippen molar-refractivity contribution in [3.63, 3.8) is 0 Å². The number of methoxy groups -OCH3 is 1. The zero-order valence-electron chi connectivity index (χ0n) is 8.00. The number of alkyl halides is 2. The van der Waals surface area contributed by atoms with Gasteiger partial charge in [-0.15, -0.1) is 0 Å². The van der Waals surface area contributed by atoms with Crippen molar-refractivity contribution in [1.29, 1.82) is 5.26 Å². The Morgan fingerprint density at radius 3 is 2.73 bits per heavy atom. The van der Waals surface area contributed by atoms with Crippen molar-refractivity contribution in [2.45, 2.75) is 13.0 Å². The third-order valence-corrected chi connectivity index (χ3v) is 1.83. The van der Waals surface area contributed by atoms with Crippen molar-refractivity contribution in [3.8, 4) is 11.8 Å². The lowest BCUT2D eigenvalue weighted by atomic mass is 10.1. The number of aromatic nitrogens is 1. The molecule has 0 aliphatic carbocycles. The zero-order chi connectivity index (χ0) is 11.4. The number of pyridine rings is 1. The summed E-state index contributed by atoms with van der Waals surface area (Å²) in [6.45, 7) is -0.0192. The highest BCUT2D eigenvalue weighted by molar-refractivity contribution is 5.42. The summed E-state index contributed by atoms with van der Waals surface area (Å²) >= 11 is 0. The molecular weight excluding hydrogens is 204 g/mol. The molecule has 0 aliphatic heterocycles. The lowest BCUT2D eigenvalue weighted by Crippen LogP contribution is -2.07. The van der Waals surface area contributed by atoms with Gasteiger partial charge in [0.25, 0.3) is 6.43 Å². The molecule has 2 N–H and O–H groups in total. The van der Waals surface area contributed by atoms with Gasteiger partial charge in [-0.25, -0.2) is 13.8 Å². The molecular formula is C9H9F2N3O. The maximum atomic E-state index is 12.5. The van der Waals surface area contributed by atoms with Crippen molar-refractivity contribution in [2.24, 2.45) is 5.73 Å². The summed E-state index contributed by atoms with van der Waals surface area (Å²) in [5, 5.41) is 8.64. The van der Waals surface area contributed by atoms with Crippen molar-refractivity contribution in [2.75, 3.05) is 7.11 Å². The Hall–Kier alpha value is -1.74. The molecule has 0 amide bonds. The van der Waals surface area contributed by atoms with Crippen LogP contribution >= 0.6 is 0 Å². The van der Waals surface area contributed by atoms with Crippen LogP contribution in [0, 0.1) is 11.3 Å². The fraction of sp³-hybridized carbons (Fsp3) is 0.333. The van der Waals surface area contributed by atoms with E-state index in [0.29, 0.717) is 0 Å². The molecule has 1 aromatic rings. The summed E-state index contributed by atoms with van der Waals surface area (Å²) < 4.78 is 29.8. The fourth-order valence-electron chi connectivity index (χ4n) is 1.13. The second-order valence-corrected chi connectivity index (χ2v) is 2.69. The molecule has 80 valence electrons. The summed E-state index contributed by atoms with van der Waals surface area (Å²) in [6, 6.07) is 2.86. The second-order valence-electron chi connectivity index (χ2n) is 2.69. The summed E-state index contributed by atoms with van der Waals surface area (Å²) in [7, 11) is 1.36. The fourth-order valence-corrected chi connectivity index (χ4v) is 1.13. The molecule has 0 bridgehead atoms. The first-order valence-corrected chi connectivity index (χ1v) is 4.10. The monoisotopic (exact) mass is 213 g/mol. The molecule has 0 fully saturated rings. The molecule has 1 heterocycles. The summed E-state index contributed by atoms with van der Waals surface area (Å²) in [5.41, 5.74) is 4.78. The lowest BCUT2D eigenvalue weighted by molar-refractivity contribution is 0.145. The van der Waals surface area contributed by atoms with E-state index < -0.39 is 12.1 Å². The molecule has 6 heteroatoms. The van der Waals surface area contributed by atoms with Crippen LogP contribution in [0.3, 0.4) is 0 Å². The maximum absolute atomic E-state index is 12.5. The normalized spacial score (nSPS) is 10.1. The van der Waals surface area contributed by atoms with Crippen LogP contribution in [0.15, 0.2) is 6.07 Å². The average molecular weight is 213 g/mol. The molecule has 1 rings (SSSR count). The van der Waals surface area contributed by atoms with Crippen molar-refractivity contribution < 1.29 is 13.5 Å². The summed E-state index contributed by atoms with van der Waals surface area (Å²) in [4.78, 5) is 3.61. The standard InChI is InChI=1S/C9H9F2N3O/c1-15-7-2-5(3-12)8(9(10)11)14-6(7)4-13/h2,9H,4,13H2,1H3. The van der Waals surface area contributed by atoms with E-state index in [0.717, 1.165) is 0 Å². The van der Waals surface area contributed by atoms with Gasteiger partial charge in [-0.05, 0) is 0 Å². The predicted molar refractivity (Wildman–Crippen MR) is 48.4 cm³/mol. The number of hydrogen-bond acceptors (Lipinski definition) is 4. The molecule has 1 aromatic heterocycles. The van der Waals surface area contributed by atoms with Crippen LogP contribution in [-0.4, -0.2) is 12.1 Å². The topological polar surface area (TPSA) is 71.9 Å². The molecule has 0 aromatic carbocycles. The Morgan fingerprint density at radius 1 is 1.67 bits per heavy atom. The van der Waals surface area contributed by atoms with Crippen molar-refractivity contribution >= 4 is 0 Å². The van der Waals surface area contributed by atoms with Crippen LogP contribution in [0.5, 0.6) is 5.75 Å². The molecule has 0 saturated heterocycles. The predicted octanol–water partition coefficient (Wildman–Crippen LogP) is 1.36. The molecule has 0 spiro atoms. The Morgan fingerprint density at radius 2 is 2.33 bits per heavy atom. The van der Waals surface area contributed by atoms with Gasteiger partial charge >= 0.3 is 0 Å². The second kappa shape index (κ2) is 4.66. The van der Waals surface area contributed by atoms with Crippen LogP contribution in [0.25, 0.3) is 0 Å². The van der Waals surface area contributed by atoms with Crippen LogP contribution in [0.1, 0.15) is 23.4 Å². The van der Waals surface area contributed by atoms with Gasteiger partial charge in [0.05, 0.1) is 18.4 Å². The molecule has 0 radical (unpaired) electrons. The Kier molecular flexibility index (Phi) is 3.52. The SMILES string of the molecule is COc1cc(C#N)c(C(F)F)nc1CN. The number of nitriles is 1. The minimum atomic E-state index is -2.80. The van der Waals surface area contributed by atoms with E-state index in [1.54, 1.807) is 6.07 Å². The number of halogens is 2. The Labute approximate surface area is 85.3 Å². The van der Waals surface area contributed by atoms with E-state index in [-0.39, 0.29) is 23.6 Å². The summed E-state index contributed by atoms with van der Waals surface area (Å²) in [5.74, 6) is 0.249. The first-order chi connectivity index (χ1) is 7.13. The van der Waals surface area contributed by atoms with Gasteiger partial charge < -0.3 is 10.5 Å². The number of nitrogens with two attached hydrogens (primary N) is 1. The van der Waals surface area contributed by atoms with Gasteiger partial charge in [-0.3, -0.25) is 0 Å². The first-order valence-electron chi connectivity index (χ1n) is 4.10. The highest BCUT2D eigenvalue weighted by atomic mass is 19.3. The molecule has 0 unspecified atom stereocenters. The largest absolute Gasteiger partial charge is 0.495 e. The van der Waals surface area contributed by atoms with Gasteiger partial charge in [0.2, 0.25) is 0 Å². The first kappa shape index (κ1) is 11.3. The quantitative estimate of drug-likeness (QED) is 0.822. The van der Waals surface area contributed by atoms with Gasteiger partial charge in [0.1, 0.15) is 17.5 Å². The van der Waals surface area contributed by atoms with Gasteiger partial charge in [0, 0.05) is 12.6 Å². The average Bonchev–Trinajstić information content (AvgIpc) is 2.26. The van der Waals surface area contributed by atoms with Gasteiger partial charge in [0.15, 0.2) is 0 Å². The van der Waals surface area contributed by atoms with E-state index in [1.165, 1.54) is 13.2 Å². The maximum Gasteiger partial charge on any atom is 0.281 e. The van der Waals surface area contributed by atoms with E-state index >= 15 is 0 Å². The van der Waals surface area contributed by atoms with Crippen molar-refractivity contribution in [1.82, 2.24) is 4.98 Å². The van der Waals surface area contributed by atoms with E-state index in [9.17, 15) is 8.78 Å². The minimum absolute atomic E-state index is 0.0192. The molecule has 4 nitrogen and oxygen atoms in total. The van der Waals surface area contributed by atoms with Gasteiger partial charge in [-0.2, -0.15) is 5.26 Å². The van der Waals surface area contributed by atoms with Gasteiger partial charge in [-0.1, -0.05) is 0 Å². The number of nitrogens with zero attached hydrogens (tertiary/aromatic N) is 2. The van der Waals surface area contributed by atoms with E-state index in [1.807, 2.05) is 0 Å². The highest BCUT2D eigenvalue weighted by Crippen LogP contribution is 2.26. The Balaban J connectivity index is 3.36. The molecule has 15 heavy (non-hydrogen) atoms. The molecule has 0 atom stereocenters. The third-order valence-electron chi connectivity index (χ3n) is 1.83. The molecule has 0 aliphatic rings. The number of ether oxygens (including phenoxy) is 1. The van der Waals surface area contributed by atoms with Crippen LogP contribution in [0.4, 0.5) is 8.78 Å². The highest BCUT2D eigenvalue weighted by Gasteiger charge is 2.18. The zero-order valence-corrected chi connectivity index (χ0v) is 8.00. The number of hydrogen-bond donors (Lipinski definition) is 1. The van der Waals surface area contributed by atoms with Crippen LogP contribution < -0.4 is 10.5 Å². The Bertz CT molecular complexity index is 401. The van der Waals surface area contributed by atoms with Crippen molar-refractivity contribution in [3.05, 3.63) is 23.0 Å². The van der Waals surface area contributed by atoms with Crippen LogP contribution in [-0.2, 0) is 6.54 Å².